The molecule has 2 nitrogen and oxygen atoms in total. The number of rotatable bonds is 3. The molecule has 1 aliphatic heterocycles. The van der Waals surface area contributed by atoms with Gasteiger partial charge in [0.2, 0.25) is 0 Å². The van der Waals surface area contributed by atoms with E-state index in [1.54, 1.807) is 0 Å². The van der Waals surface area contributed by atoms with Crippen LogP contribution in [0.4, 0.5) is 4.39 Å². The Morgan fingerprint density at radius 3 is 2.76 bits per heavy atom. The van der Waals surface area contributed by atoms with Crippen LogP contribution in [0.3, 0.4) is 0 Å². The third-order valence-corrected chi connectivity index (χ3v) is 5.57. The summed E-state index contributed by atoms with van der Waals surface area (Å²) in [6.07, 6.45) is 6.54. The molecule has 3 unspecified atom stereocenters. The van der Waals surface area contributed by atoms with Crippen LogP contribution in [0, 0.1) is 11.7 Å². The minimum absolute atomic E-state index is 0.140. The zero-order chi connectivity index (χ0) is 14.8. The van der Waals surface area contributed by atoms with Gasteiger partial charge in [-0.25, -0.2) is 4.39 Å². The molecule has 0 radical (unpaired) electrons. The molecule has 2 aliphatic rings. The summed E-state index contributed by atoms with van der Waals surface area (Å²) in [5.74, 6) is 0.235. The lowest BCUT2D eigenvalue weighted by molar-refractivity contribution is 0.0199. The topological polar surface area (TPSA) is 23.5 Å². The van der Waals surface area contributed by atoms with Gasteiger partial charge in [-0.05, 0) is 44.4 Å². The maximum Gasteiger partial charge on any atom is 0.128 e. The zero-order valence-corrected chi connectivity index (χ0v) is 13.9. The molecule has 1 aliphatic carbocycles. The van der Waals surface area contributed by atoms with Crippen LogP contribution in [-0.2, 0) is 6.54 Å². The van der Waals surface area contributed by atoms with Crippen LogP contribution >= 0.6 is 15.9 Å². The molecular weight excluding hydrogens is 333 g/mol. The fourth-order valence-electron chi connectivity index (χ4n) is 3.99. The summed E-state index contributed by atoms with van der Waals surface area (Å²) >= 11 is 3.30. The average molecular weight is 356 g/mol. The molecule has 0 amide bonds. The summed E-state index contributed by atoms with van der Waals surface area (Å²) in [5.41, 5.74) is 0.760. The van der Waals surface area contributed by atoms with Gasteiger partial charge in [0.05, 0.1) is 6.10 Å². The van der Waals surface area contributed by atoms with Crippen molar-refractivity contribution in [3.8, 4) is 0 Å². The lowest BCUT2D eigenvalue weighted by Gasteiger charge is -2.37. The molecule has 116 valence electrons. The van der Waals surface area contributed by atoms with Crippen molar-refractivity contribution in [1.29, 1.82) is 0 Å². The maximum atomic E-state index is 14.0. The summed E-state index contributed by atoms with van der Waals surface area (Å²) < 4.78 is 14.8. The number of hydrogen-bond donors (Lipinski definition) is 1. The first-order chi connectivity index (χ1) is 10.1. The van der Waals surface area contributed by atoms with Crippen molar-refractivity contribution in [2.24, 2.45) is 5.92 Å². The average Bonchev–Trinajstić information content (AvgIpc) is 2.90. The number of halogens is 2. The van der Waals surface area contributed by atoms with Crippen molar-refractivity contribution in [3.63, 3.8) is 0 Å². The number of benzene rings is 1. The fraction of sp³-hybridized carbons (Fsp3) is 0.647. The van der Waals surface area contributed by atoms with E-state index in [4.69, 9.17) is 0 Å². The Bertz CT molecular complexity index is 496. The molecule has 1 saturated heterocycles. The molecule has 1 aromatic carbocycles. The van der Waals surface area contributed by atoms with Crippen LogP contribution in [0.5, 0.6) is 0 Å². The lowest BCUT2D eigenvalue weighted by atomic mass is 9.80. The molecular formula is C17H23BrFNO. The van der Waals surface area contributed by atoms with Crippen molar-refractivity contribution < 1.29 is 9.50 Å². The quantitative estimate of drug-likeness (QED) is 0.881. The van der Waals surface area contributed by atoms with E-state index in [1.165, 1.54) is 12.5 Å². The van der Waals surface area contributed by atoms with E-state index in [-0.39, 0.29) is 11.9 Å². The van der Waals surface area contributed by atoms with E-state index < -0.39 is 0 Å². The van der Waals surface area contributed by atoms with Gasteiger partial charge in [0.15, 0.2) is 0 Å². The van der Waals surface area contributed by atoms with Gasteiger partial charge in [-0.1, -0.05) is 34.8 Å². The first-order valence-electron chi connectivity index (χ1n) is 8.01. The SMILES string of the molecule is OC1CCCCC1C1CCCN1Cc1ccc(Br)cc1F. The summed E-state index contributed by atoms with van der Waals surface area (Å²) in [4.78, 5) is 2.38. The van der Waals surface area contributed by atoms with Gasteiger partial charge < -0.3 is 5.11 Å². The van der Waals surface area contributed by atoms with Gasteiger partial charge in [0, 0.05) is 28.5 Å². The molecule has 0 bridgehead atoms. The zero-order valence-electron chi connectivity index (χ0n) is 12.3. The van der Waals surface area contributed by atoms with Crippen LogP contribution in [0.15, 0.2) is 22.7 Å². The molecule has 1 saturated carbocycles. The van der Waals surface area contributed by atoms with Gasteiger partial charge in [-0.3, -0.25) is 4.90 Å². The molecule has 3 rings (SSSR count). The predicted octanol–water partition coefficient (Wildman–Crippen LogP) is 4.10. The van der Waals surface area contributed by atoms with Crippen LogP contribution in [-0.4, -0.2) is 28.7 Å². The minimum Gasteiger partial charge on any atom is -0.393 e. The van der Waals surface area contributed by atoms with Gasteiger partial charge in [-0.15, -0.1) is 0 Å². The Labute approximate surface area is 134 Å². The lowest BCUT2D eigenvalue weighted by Crippen LogP contribution is -2.42. The number of hydrogen-bond acceptors (Lipinski definition) is 2. The second kappa shape index (κ2) is 6.76. The monoisotopic (exact) mass is 355 g/mol. The van der Waals surface area contributed by atoms with E-state index in [0.29, 0.717) is 18.5 Å². The van der Waals surface area contributed by atoms with E-state index in [2.05, 4.69) is 20.8 Å². The Hall–Kier alpha value is -0.450. The summed E-state index contributed by atoms with van der Waals surface area (Å²) in [7, 11) is 0. The highest BCUT2D eigenvalue weighted by atomic mass is 79.9. The molecule has 0 aromatic heterocycles. The normalized spacial score (nSPS) is 30.7. The Morgan fingerprint density at radius 1 is 1.19 bits per heavy atom. The van der Waals surface area contributed by atoms with E-state index in [1.807, 2.05) is 12.1 Å². The first-order valence-corrected chi connectivity index (χ1v) is 8.80. The Morgan fingerprint density at radius 2 is 2.00 bits per heavy atom. The van der Waals surface area contributed by atoms with Crippen LogP contribution in [0.1, 0.15) is 44.1 Å². The second-order valence-electron chi connectivity index (χ2n) is 6.43. The third kappa shape index (κ3) is 3.49. The van der Waals surface area contributed by atoms with Gasteiger partial charge in [-0.2, -0.15) is 0 Å². The molecule has 4 heteroatoms. The molecule has 2 fully saturated rings. The smallest absolute Gasteiger partial charge is 0.128 e. The molecule has 1 aromatic rings. The fourth-order valence-corrected chi connectivity index (χ4v) is 4.32. The number of likely N-dealkylation sites (tertiary alicyclic amines) is 1. The standard InChI is InChI=1S/C17H23BrFNO/c18-13-8-7-12(15(19)10-13)11-20-9-3-5-16(20)14-4-1-2-6-17(14)21/h7-8,10,14,16-17,21H,1-6,9,11H2. The number of aliphatic hydroxyl groups excluding tert-OH is 1. The molecule has 1 N–H and O–H groups in total. The minimum atomic E-state index is -0.167. The Kier molecular flexibility index (Phi) is 4.97. The van der Waals surface area contributed by atoms with E-state index in [9.17, 15) is 9.50 Å². The molecule has 3 atom stereocenters. The summed E-state index contributed by atoms with van der Waals surface area (Å²) in [5, 5.41) is 10.3. The van der Waals surface area contributed by atoms with E-state index >= 15 is 0 Å². The largest absolute Gasteiger partial charge is 0.393 e. The van der Waals surface area contributed by atoms with Crippen LogP contribution in [0.25, 0.3) is 0 Å². The summed E-state index contributed by atoms with van der Waals surface area (Å²) in [6.45, 7) is 1.68. The second-order valence-corrected chi connectivity index (χ2v) is 7.35. The number of nitrogens with zero attached hydrogens (tertiary/aromatic N) is 1. The van der Waals surface area contributed by atoms with E-state index in [0.717, 1.165) is 48.7 Å². The molecule has 0 spiro atoms. The molecule has 1 heterocycles. The van der Waals surface area contributed by atoms with Crippen molar-refractivity contribution in [3.05, 3.63) is 34.1 Å². The van der Waals surface area contributed by atoms with Crippen molar-refractivity contribution >= 4 is 15.9 Å². The molecule has 21 heavy (non-hydrogen) atoms. The van der Waals surface area contributed by atoms with Gasteiger partial charge >= 0.3 is 0 Å². The maximum absolute atomic E-state index is 14.0. The number of aliphatic hydroxyl groups is 1. The van der Waals surface area contributed by atoms with Crippen molar-refractivity contribution in [2.75, 3.05) is 6.54 Å². The highest BCUT2D eigenvalue weighted by molar-refractivity contribution is 9.10. The highest BCUT2D eigenvalue weighted by Crippen LogP contribution is 2.35. The first kappa shape index (κ1) is 15.4. The van der Waals surface area contributed by atoms with Gasteiger partial charge in [0.25, 0.3) is 0 Å². The summed E-state index contributed by atoms with van der Waals surface area (Å²) in [6, 6.07) is 5.73. The predicted molar refractivity (Wildman–Crippen MR) is 85.5 cm³/mol. The van der Waals surface area contributed by atoms with Crippen molar-refractivity contribution in [1.82, 2.24) is 4.90 Å². The third-order valence-electron chi connectivity index (χ3n) is 5.08. The Balaban J connectivity index is 1.71. The van der Waals surface area contributed by atoms with Crippen LogP contribution in [0.2, 0.25) is 0 Å². The van der Waals surface area contributed by atoms with Crippen molar-refractivity contribution in [2.45, 2.75) is 57.2 Å². The van der Waals surface area contributed by atoms with Crippen LogP contribution < -0.4 is 0 Å². The van der Waals surface area contributed by atoms with Gasteiger partial charge in [0.1, 0.15) is 5.82 Å². The highest BCUT2D eigenvalue weighted by Gasteiger charge is 2.36.